The molecule has 0 unspecified atom stereocenters. The highest BCUT2D eigenvalue weighted by Gasteiger charge is 2.50. The molecule has 3 nitrogen and oxygen atoms in total. The van der Waals surface area contributed by atoms with Crippen molar-refractivity contribution in [2.45, 2.75) is 36.2 Å². The van der Waals surface area contributed by atoms with E-state index in [1.54, 1.807) is 6.20 Å². The lowest BCUT2D eigenvalue weighted by atomic mass is 9.68. The van der Waals surface area contributed by atoms with Crippen LogP contribution in [0.4, 0.5) is 5.82 Å². The highest BCUT2D eigenvalue weighted by atomic mass is 79.9. The average Bonchev–Trinajstić information content (AvgIpc) is 2.93. The van der Waals surface area contributed by atoms with Crippen LogP contribution in [-0.2, 0) is 11.2 Å². The highest BCUT2D eigenvalue weighted by Crippen LogP contribution is 2.58. The molecule has 1 amide bonds. The SMILES string of the molecule is O=C1Nc2ncc(Br)cc2CC12CCC1(CC2)SCCS1. The molecule has 1 aromatic heterocycles. The highest BCUT2D eigenvalue weighted by molar-refractivity contribution is 9.10. The summed E-state index contributed by atoms with van der Waals surface area (Å²) in [7, 11) is 0. The summed E-state index contributed by atoms with van der Waals surface area (Å²) in [6, 6.07) is 2.10. The summed E-state index contributed by atoms with van der Waals surface area (Å²) >= 11 is 7.71. The van der Waals surface area contributed by atoms with E-state index in [4.69, 9.17) is 0 Å². The average molecular weight is 385 g/mol. The number of hydrogen-bond acceptors (Lipinski definition) is 4. The first-order valence-electron chi connectivity index (χ1n) is 7.35. The van der Waals surface area contributed by atoms with Crippen LogP contribution in [0.1, 0.15) is 31.2 Å². The Morgan fingerprint density at radius 2 is 1.90 bits per heavy atom. The predicted molar refractivity (Wildman–Crippen MR) is 92.8 cm³/mol. The minimum Gasteiger partial charge on any atom is -0.310 e. The van der Waals surface area contributed by atoms with E-state index < -0.39 is 0 Å². The Hall–Kier alpha value is -0.200. The smallest absolute Gasteiger partial charge is 0.232 e. The summed E-state index contributed by atoms with van der Waals surface area (Å²) in [6.45, 7) is 0. The van der Waals surface area contributed by atoms with Gasteiger partial charge in [0.2, 0.25) is 5.91 Å². The minimum atomic E-state index is -0.204. The number of nitrogens with one attached hydrogen (secondary N) is 1. The Labute approximate surface area is 141 Å². The molecule has 1 aliphatic carbocycles. The van der Waals surface area contributed by atoms with Crippen LogP contribution in [0.2, 0.25) is 0 Å². The molecular formula is C15H17BrN2OS2. The summed E-state index contributed by atoms with van der Waals surface area (Å²) in [5.41, 5.74) is 0.969. The molecule has 3 heterocycles. The molecule has 21 heavy (non-hydrogen) atoms. The summed E-state index contributed by atoms with van der Waals surface area (Å²) in [4.78, 5) is 17.0. The van der Waals surface area contributed by atoms with E-state index in [0.29, 0.717) is 4.08 Å². The Morgan fingerprint density at radius 3 is 2.62 bits per heavy atom. The number of amides is 1. The van der Waals surface area contributed by atoms with Crippen LogP contribution in [0, 0.1) is 5.41 Å². The molecule has 1 N–H and O–H groups in total. The molecular weight excluding hydrogens is 368 g/mol. The van der Waals surface area contributed by atoms with Crippen molar-refractivity contribution in [3.05, 3.63) is 22.3 Å². The number of aromatic nitrogens is 1. The van der Waals surface area contributed by atoms with Gasteiger partial charge in [-0.2, -0.15) is 0 Å². The topological polar surface area (TPSA) is 42.0 Å². The molecule has 0 bridgehead atoms. The number of anilines is 1. The lowest BCUT2D eigenvalue weighted by Gasteiger charge is -2.45. The van der Waals surface area contributed by atoms with E-state index in [1.807, 2.05) is 0 Å². The summed E-state index contributed by atoms with van der Waals surface area (Å²) in [5, 5.41) is 3.04. The van der Waals surface area contributed by atoms with E-state index >= 15 is 0 Å². The van der Waals surface area contributed by atoms with Crippen LogP contribution in [0.3, 0.4) is 0 Å². The van der Waals surface area contributed by atoms with Crippen LogP contribution in [0.25, 0.3) is 0 Å². The molecule has 2 spiro atoms. The molecule has 1 saturated carbocycles. The molecule has 2 fully saturated rings. The van der Waals surface area contributed by atoms with Crippen LogP contribution < -0.4 is 5.32 Å². The van der Waals surface area contributed by atoms with Gasteiger partial charge in [-0.3, -0.25) is 4.79 Å². The summed E-state index contributed by atoms with van der Waals surface area (Å²) in [5.74, 6) is 3.47. The Bertz CT molecular complexity index is 591. The van der Waals surface area contributed by atoms with Crippen LogP contribution in [0.5, 0.6) is 0 Å². The maximum Gasteiger partial charge on any atom is 0.232 e. The zero-order valence-electron chi connectivity index (χ0n) is 11.7. The van der Waals surface area contributed by atoms with Crippen LogP contribution in [0.15, 0.2) is 16.7 Å². The number of thioether (sulfide) groups is 2. The predicted octanol–water partition coefficient (Wildman–Crippen LogP) is 4.08. The second-order valence-corrected chi connectivity index (χ2v) is 10.3. The molecule has 0 atom stereocenters. The van der Waals surface area contributed by atoms with Gasteiger partial charge >= 0.3 is 0 Å². The second kappa shape index (κ2) is 5.17. The fourth-order valence-corrected chi connectivity index (χ4v) is 7.32. The number of fused-ring (bicyclic) bond motifs is 1. The number of hydrogen-bond donors (Lipinski definition) is 1. The van der Waals surface area contributed by atoms with Crippen molar-refractivity contribution in [2.24, 2.45) is 5.41 Å². The Morgan fingerprint density at radius 1 is 1.19 bits per heavy atom. The van der Waals surface area contributed by atoms with Crippen LogP contribution >= 0.6 is 39.5 Å². The number of carbonyl (C=O) groups is 1. The minimum absolute atomic E-state index is 0.188. The number of pyridine rings is 1. The first-order valence-corrected chi connectivity index (χ1v) is 10.1. The third-order valence-electron chi connectivity index (χ3n) is 4.96. The lowest BCUT2D eigenvalue weighted by Crippen LogP contribution is -2.46. The lowest BCUT2D eigenvalue weighted by molar-refractivity contribution is -0.128. The first-order chi connectivity index (χ1) is 10.1. The molecule has 3 aliphatic rings. The van der Waals surface area contributed by atoms with Gasteiger partial charge in [-0.1, -0.05) is 0 Å². The number of carbonyl (C=O) groups excluding carboxylic acids is 1. The van der Waals surface area contributed by atoms with Gasteiger partial charge in [-0.05, 0) is 59.7 Å². The first kappa shape index (κ1) is 14.4. The normalized spacial score (nSPS) is 25.9. The molecule has 6 heteroatoms. The van der Waals surface area contributed by atoms with Gasteiger partial charge in [0.1, 0.15) is 5.82 Å². The number of nitrogens with zero attached hydrogens (tertiary/aromatic N) is 1. The van der Waals surface area contributed by atoms with Crippen LogP contribution in [-0.4, -0.2) is 26.5 Å². The standard InChI is InChI=1S/C15H17BrN2OS2/c16-11-7-10-8-14(13(19)18-12(10)17-9-11)1-3-15(4-2-14)20-5-6-21-15/h7,9H,1-6,8H2,(H,17,18,19). The largest absolute Gasteiger partial charge is 0.310 e. The van der Waals surface area contributed by atoms with Crippen molar-refractivity contribution in [2.75, 3.05) is 16.8 Å². The second-order valence-electron chi connectivity index (χ2n) is 6.18. The number of halogens is 1. The van der Waals surface area contributed by atoms with Crippen molar-refractivity contribution in [1.29, 1.82) is 0 Å². The van der Waals surface area contributed by atoms with Crippen molar-refractivity contribution < 1.29 is 4.79 Å². The zero-order chi connectivity index (χ0) is 14.5. The fourth-order valence-electron chi connectivity index (χ4n) is 3.71. The summed E-state index contributed by atoms with van der Waals surface area (Å²) < 4.78 is 1.39. The van der Waals surface area contributed by atoms with Crippen molar-refractivity contribution in [3.63, 3.8) is 0 Å². The van der Waals surface area contributed by atoms with E-state index in [9.17, 15) is 4.79 Å². The molecule has 1 saturated heterocycles. The van der Waals surface area contributed by atoms with Crippen molar-refractivity contribution in [1.82, 2.24) is 4.98 Å². The van der Waals surface area contributed by atoms with Gasteiger partial charge in [0.05, 0.1) is 9.49 Å². The van der Waals surface area contributed by atoms with Gasteiger partial charge in [-0.25, -0.2) is 4.98 Å². The van der Waals surface area contributed by atoms with Gasteiger partial charge in [0.15, 0.2) is 0 Å². The van der Waals surface area contributed by atoms with Crippen molar-refractivity contribution >= 4 is 51.2 Å². The third kappa shape index (κ3) is 2.43. The van der Waals surface area contributed by atoms with E-state index in [0.717, 1.165) is 42.4 Å². The molecule has 0 radical (unpaired) electrons. The maximum atomic E-state index is 12.6. The van der Waals surface area contributed by atoms with Gasteiger partial charge < -0.3 is 5.32 Å². The van der Waals surface area contributed by atoms with Crippen molar-refractivity contribution in [3.8, 4) is 0 Å². The monoisotopic (exact) mass is 384 g/mol. The van der Waals surface area contributed by atoms with E-state index in [-0.39, 0.29) is 11.3 Å². The fraction of sp³-hybridized carbons (Fsp3) is 0.600. The zero-order valence-corrected chi connectivity index (χ0v) is 14.9. The molecule has 0 aromatic carbocycles. The Balaban J connectivity index is 1.60. The summed E-state index contributed by atoms with van der Waals surface area (Å²) in [6.07, 6.45) is 6.92. The third-order valence-corrected chi connectivity index (χ3v) is 9.04. The molecule has 4 rings (SSSR count). The van der Waals surface area contributed by atoms with E-state index in [2.05, 4.69) is 55.8 Å². The molecule has 1 aromatic rings. The van der Waals surface area contributed by atoms with Gasteiger partial charge in [0, 0.05) is 22.2 Å². The number of rotatable bonds is 0. The quantitative estimate of drug-likeness (QED) is 0.731. The van der Waals surface area contributed by atoms with Gasteiger partial charge in [-0.15, -0.1) is 23.5 Å². The molecule has 2 aliphatic heterocycles. The van der Waals surface area contributed by atoms with Gasteiger partial charge in [0.25, 0.3) is 0 Å². The Kier molecular flexibility index (Phi) is 3.54. The van der Waals surface area contributed by atoms with E-state index in [1.165, 1.54) is 17.1 Å². The maximum absolute atomic E-state index is 12.6. The molecule has 112 valence electrons.